The fraction of sp³-hybridized carbons (Fsp3) is 0.391. The summed E-state index contributed by atoms with van der Waals surface area (Å²) in [7, 11) is 0. The molecule has 1 fully saturated rings. The van der Waals surface area contributed by atoms with E-state index in [9.17, 15) is 22.8 Å². The molecular formula is C23H24F3NO3S. The first kappa shape index (κ1) is 23.2. The van der Waals surface area contributed by atoms with Crippen molar-refractivity contribution < 1.29 is 27.5 Å². The number of ether oxygens (including phenoxy) is 1. The lowest BCUT2D eigenvalue weighted by atomic mass is 10.1. The maximum absolute atomic E-state index is 13.3. The van der Waals surface area contributed by atoms with Crippen molar-refractivity contribution in [3.63, 3.8) is 0 Å². The van der Waals surface area contributed by atoms with E-state index in [1.165, 1.54) is 28.8 Å². The van der Waals surface area contributed by atoms with Gasteiger partial charge in [-0.05, 0) is 42.7 Å². The molecule has 0 aliphatic carbocycles. The molecule has 1 amide bonds. The van der Waals surface area contributed by atoms with Gasteiger partial charge in [0.1, 0.15) is 11.4 Å². The van der Waals surface area contributed by atoms with Crippen LogP contribution in [0.15, 0.2) is 48.5 Å². The van der Waals surface area contributed by atoms with E-state index in [1.54, 1.807) is 24.3 Å². The van der Waals surface area contributed by atoms with Gasteiger partial charge in [-0.25, -0.2) is 4.79 Å². The fourth-order valence-corrected chi connectivity index (χ4v) is 4.63. The number of hydrogen-bond donors (Lipinski definition) is 0. The Bertz CT molecular complexity index is 927. The van der Waals surface area contributed by atoms with Crippen LogP contribution in [-0.2, 0) is 15.7 Å². The Hall–Kier alpha value is -2.48. The number of carbonyl (C=O) groups is 2. The molecule has 31 heavy (non-hydrogen) atoms. The first-order chi connectivity index (χ1) is 14.6. The predicted molar refractivity (Wildman–Crippen MR) is 114 cm³/mol. The Morgan fingerprint density at radius 1 is 1.10 bits per heavy atom. The van der Waals surface area contributed by atoms with Crippen LogP contribution >= 0.6 is 11.8 Å². The van der Waals surface area contributed by atoms with Gasteiger partial charge in [0.25, 0.3) is 5.91 Å². The number of alkyl halides is 3. The van der Waals surface area contributed by atoms with Gasteiger partial charge in [0.15, 0.2) is 0 Å². The van der Waals surface area contributed by atoms with Crippen LogP contribution < -0.4 is 0 Å². The summed E-state index contributed by atoms with van der Waals surface area (Å²) < 4.78 is 44.2. The molecule has 0 saturated carbocycles. The van der Waals surface area contributed by atoms with Crippen molar-refractivity contribution in [2.24, 2.45) is 5.92 Å². The number of halogens is 3. The maximum atomic E-state index is 13.3. The fourth-order valence-electron chi connectivity index (χ4n) is 3.22. The molecule has 2 aromatic carbocycles. The molecule has 1 saturated heterocycles. The number of amides is 1. The normalized spacial score (nSPS) is 19.0. The quantitative estimate of drug-likeness (QED) is 0.566. The Kier molecular flexibility index (Phi) is 6.99. The van der Waals surface area contributed by atoms with Gasteiger partial charge in [0.2, 0.25) is 0 Å². The predicted octanol–water partition coefficient (Wildman–Crippen LogP) is 5.47. The second-order valence-electron chi connectivity index (χ2n) is 7.92. The second kappa shape index (κ2) is 9.34. The minimum atomic E-state index is -4.44. The van der Waals surface area contributed by atoms with Crippen molar-refractivity contribution in [1.29, 1.82) is 0 Å². The van der Waals surface area contributed by atoms with Crippen LogP contribution in [0.4, 0.5) is 13.2 Å². The molecule has 2 atom stereocenters. The second-order valence-corrected chi connectivity index (χ2v) is 9.04. The largest absolute Gasteiger partial charge is 0.464 e. The van der Waals surface area contributed by atoms with Crippen molar-refractivity contribution >= 4 is 23.6 Å². The van der Waals surface area contributed by atoms with Gasteiger partial charge in [0.05, 0.1) is 12.2 Å². The number of aryl methyl sites for hydroxylation is 1. The van der Waals surface area contributed by atoms with Gasteiger partial charge in [-0.1, -0.05) is 43.7 Å². The Morgan fingerprint density at radius 2 is 1.71 bits per heavy atom. The highest BCUT2D eigenvalue weighted by atomic mass is 32.2. The maximum Gasteiger partial charge on any atom is 0.416 e. The number of thioether (sulfide) groups is 1. The molecule has 0 radical (unpaired) electrons. The SMILES string of the molecule is Cc1ccc(C(=O)N2C(C(=O)OCC(C)C)CSC2c2ccc(C(F)(F)F)cc2)cc1. The van der Waals surface area contributed by atoms with Crippen LogP contribution in [0.25, 0.3) is 0 Å². The number of nitrogens with zero attached hydrogens (tertiary/aromatic N) is 1. The third kappa shape index (κ3) is 5.42. The first-order valence-corrected chi connectivity index (χ1v) is 11.0. The third-order valence-electron chi connectivity index (χ3n) is 4.89. The lowest BCUT2D eigenvalue weighted by molar-refractivity contribution is -0.149. The molecule has 1 aliphatic rings. The summed E-state index contributed by atoms with van der Waals surface area (Å²) in [6, 6.07) is 10.9. The zero-order chi connectivity index (χ0) is 22.8. The van der Waals surface area contributed by atoms with Crippen molar-refractivity contribution in [1.82, 2.24) is 4.90 Å². The molecule has 1 aliphatic heterocycles. The summed E-state index contributed by atoms with van der Waals surface area (Å²) in [6.45, 7) is 5.96. The molecule has 166 valence electrons. The van der Waals surface area contributed by atoms with E-state index >= 15 is 0 Å². The summed E-state index contributed by atoms with van der Waals surface area (Å²) in [5, 5.41) is -0.590. The van der Waals surface area contributed by atoms with Crippen molar-refractivity contribution in [3.05, 3.63) is 70.8 Å². The van der Waals surface area contributed by atoms with Gasteiger partial charge in [-0.15, -0.1) is 11.8 Å². The van der Waals surface area contributed by atoms with Crippen LogP contribution in [0.5, 0.6) is 0 Å². The molecule has 0 bridgehead atoms. The minimum Gasteiger partial charge on any atom is -0.464 e. The molecule has 8 heteroatoms. The van der Waals surface area contributed by atoms with Gasteiger partial charge in [-0.3, -0.25) is 4.79 Å². The van der Waals surface area contributed by atoms with Crippen LogP contribution in [0.2, 0.25) is 0 Å². The number of esters is 1. The minimum absolute atomic E-state index is 0.143. The molecule has 4 nitrogen and oxygen atoms in total. The highest BCUT2D eigenvalue weighted by molar-refractivity contribution is 7.99. The van der Waals surface area contributed by atoms with Gasteiger partial charge < -0.3 is 9.64 Å². The average molecular weight is 452 g/mol. The summed E-state index contributed by atoms with van der Waals surface area (Å²) >= 11 is 1.34. The van der Waals surface area contributed by atoms with E-state index in [4.69, 9.17) is 4.74 Å². The Labute approximate surface area is 183 Å². The van der Waals surface area contributed by atoms with E-state index < -0.39 is 29.1 Å². The topological polar surface area (TPSA) is 46.6 Å². The molecule has 0 spiro atoms. The van der Waals surface area contributed by atoms with Gasteiger partial charge in [-0.2, -0.15) is 13.2 Å². The van der Waals surface area contributed by atoms with E-state index in [0.717, 1.165) is 17.7 Å². The Balaban J connectivity index is 1.92. The van der Waals surface area contributed by atoms with E-state index in [1.807, 2.05) is 20.8 Å². The number of hydrogen-bond acceptors (Lipinski definition) is 4. The van der Waals surface area contributed by atoms with Gasteiger partial charge >= 0.3 is 12.1 Å². The van der Waals surface area contributed by atoms with Crippen molar-refractivity contribution in [2.75, 3.05) is 12.4 Å². The van der Waals surface area contributed by atoms with E-state index in [-0.39, 0.29) is 18.4 Å². The van der Waals surface area contributed by atoms with E-state index in [0.29, 0.717) is 16.9 Å². The number of carbonyl (C=O) groups excluding carboxylic acids is 2. The average Bonchev–Trinajstić information content (AvgIpc) is 3.16. The monoisotopic (exact) mass is 451 g/mol. The Morgan fingerprint density at radius 3 is 2.26 bits per heavy atom. The molecule has 2 aromatic rings. The smallest absolute Gasteiger partial charge is 0.416 e. The molecule has 3 rings (SSSR count). The standard InChI is InChI=1S/C23H24F3NO3S/c1-14(2)12-30-22(29)19-13-31-21(17-8-10-18(11-9-17)23(24,25)26)27(19)20(28)16-6-4-15(3)5-7-16/h4-11,14,19,21H,12-13H2,1-3H3. The highest BCUT2D eigenvalue weighted by Crippen LogP contribution is 2.43. The molecule has 0 aromatic heterocycles. The lowest BCUT2D eigenvalue weighted by Crippen LogP contribution is -2.44. The molecule has 2 unspecified atom stereocenters. The number of benzene rings is 2. The molecule has 1 heterocycles. The third-order valence-corrected chi connectivity index (χ3v) is 6.21. The van der Waals surface area contributed by atoms with Gasteiger partial charge in [0, 0.05) is 11.3 Å². The molecular weight excluding hydrogens is 427 g/mol. The first-order valence-electron chi connectivity index (χ1n) is 9.92. The zero-order valence-corrected chi connectivity index (χ0v) is 18.3. The molecule has 0 N–H and O–H groups in total. The summed E-state index contributed by atoms with van der Waals surface area (Å²) in [6.07, 6.45) is -4.44. The van der Waals surface area contributed by atoms with Crippen molar-refractivity contribution in [2.45, 2.75) is 38.4 Å². The summed E-state index contributed by atoms with van der Waals surface area (Å²) in [5.41, 5.74) is 1.16. The van der Waals surface area contributed by atoms with Crippen LogP contribution in [0.3, 0.4) is 0 Å². The van der Waals surface area contributed by atoms with E-state index in [2.05, 4.69) is 0 Å². The lowest BCUT2D eigenvalue weighted by Gasteiger charge is -2.29. The van der Waals surface area contributed by atoms with Crippen LogP contribution in [0, 0.1) is 12.8 Å². The van der Waals surface area contributed by atoms with Crippen molar-refractivity contribution in [3.8, 4) is 0 Å². The van der Waals surface area contributed by atoms with Crippen LogP contribution in [-0.4, -0.2) is 35.2 Å². The highest BCUT2D eigenvalue weighted by Gasteiger charge is 2.43. The summed E-state index contributed by atoms with van der Waals surface area (Å²) in [4.78, 5) is 27.5. The zero-order valence-electron chi connectivity index (χ0n) is 17.5. The van der Waals surface area contributed by atoms with Crippen LogP contribution in [0.1, 0.15) is 46.3 Å². The summed E-state index contributed by atoms with van der Waals surface area (Å²) in [5.74, 6) is -0.414. The number of rotatable bonds is 5.